The van der Waals surface area contributed by atoms with Gasteiger partial charge < -0.3 is 9.80 Å². The Kier molecular flexibility index (Phi) is 11.2. The molecule has 0 aromatic heterocycles. The van der Waals surface area contributed by atoms with Crippen LogP contribution in [0, 0.1) is 13.8 Å². The molecule has 23 rings (SSSR count). The fourth-order valence-electron chi connectivity index (χ4n) is 19.5. The maximum atomic E-state index is 4.32. The Labute approximate surface area is 541 Å². The first-order valence-electron chi connectivity index (χ1n) is 33.2. The van der Waals surface area contributed by atoms with E-state index in [2.05, 4.69) is 337 Å². The first-order valence-corrected chi connectivity index (χ1v) is 35.7. The van der Waals surface area contributed by atoms with Gasteiger partial charge in [0.25, 0.3) is 0 Å². The van der Waals surface area contributed by atoms with E-state index in [1.807, 2.05) is 0 Å². The zero-order valence-electron chi connectivity index (χ0n) is 51.6. The number of anilines is 10. The average Bonchev–Trinajstić information content (AvgIpc) is 1.36. The van der Waals surface area contributed by atoms with Gasteiger partial charge >= 0.3 is 226 Å². The van der Waals surface area contributed by atoms with Crippen molar-refractivity contribution in [3.05, 3.63) is 314 Å². The number of rotatable bonds is 6. The molecule has 10 aliphatic heterocycles. The fraction of sp³-hybridized carbons (Fsp3) is 0.0250. The Bertz CT molecular complexity index is 5240. The van der Waals surface area contributed by atoms with Crippen LogP contribution >= 0.6 is 6.39 Å². The molecule has 92 heavy (non-hydrogen) atoms. The molecule has 2 bridgehead atoms. The van der Waals surface area contributed by atoms with Gasteiger partial charge in [-0.1, -0.05) is 156 Å². The predicted octanol–water partition coefficient (Wildman–Crippen LogP) is 12.1. The predicted molar refractivity (Wildman–Crippen MR) is 406 cm³/mol. The van der Waals surface area contributed by atoms with Gasteiger partial charge in [0.15, 0.2) is 0 Å². The third kappa shape index (κ3) is 6.99. The summed E-state index contributed by atoms with van der Waals surface area (Å²) in [7, 11) is 0.216. The van der Waals surface area contributed by atoms with Gasteiger partial charge in [0.2, 0.25) is 13.4 Å². The zero-order chi connectivity index (χ0) is 60.6. The van der Waals surface area contributed by atoms with Crippen molar-refractivity contribution in [1.29, 1.82) is 0 Å². The molecule has 0 spiro atoms. The van der Waals surface area contributed by atoms with E-state index < -0.39 is 6.39 Å². The molecular formula is C80H59B7N4P-. The van der Waals surface area contributed by atoms with E-state index in [0.29, 0.717) is 20.1 Å². The van der Waals surface area contributed by atoms with Crippen molar-refractivity contribution < 1.29 is 0 Å². The Morgan fingerprint density at radius 1 is 0.304 bits per heavy atom. The van der Waals surface area contributed by atoms with E-state index in [1.165, 1.54) is 145 Å². The molecule has 10 heterocycles. The summed E-state index contributed by atoms with van der Waals surface area (Å²) < 4.78 is 0. The van der Waals surface area contributed by atoms with Crippen molar-refractivity contribution in [3.8, 4) is 33.4 Å². The molecule has 4 nitrogen and oxygen atoms in total. The first kappa shape index (κ1) is 52.7. The minimum atomic E-state index is -2.06. The van der Waals surface area contributed by atoms with Gasteiger partial charge in [-0.05, 0) is 106 Å². The van der Waals surface area contributed by atoms with E-state index in [0.717, 1.165) is 18.6 Å². The van der Waals surface area contributed by atoms with Gasteiger partial charge in [-0.2, -0.15) is 0 Å². The molecule has 0 amide bonds. The number of nitrogens with one attached hydrogen (secondary N) is 1. The van der Waals surface area contributed by atoms with Crippen molar-refractivity contribution in [2.45, 2.75) is 13.8 Å². The second-order valence-electron chi connectivity index (χ2n) is 27.2. The molecule has 0 radical (unpaired) electrons. The van der Waals surface area contributed by atoms with Crippen LogP contribution < -0.4 is 74.3 Å². The van der Waals surface area contributed by atoms with Crippen molar-refractivity contribution in [2.24, 2.45) is 0 Å². The van der Waals surface area contributed by atoms with Gasteiger partial charge in [0.05, 0.1) is 0 Å². The molecule has 0 aliphatic carbocycles. The molecule has 12 heteroatoms. The summed E-state index contributed by atoms with van der Waals surface area (Å²) in [6.07, 6.45) is 0.941. The third-order valence-corrected chi connectivity index (χ3v) is 31.6. The van der Waals surface area contributed by atoms with E-state index in [1.54, 1.807) is 10.9 Å². The van der Waals surface area contributed by atoms with Crippen LogP contribution in [0.3, 0.4) is 0 Å². The van der Waals surface area contributed by atoms with E-state index in [9.17, 15) is 0 Å². The number of fused-ring (bicyclic) bond motifs is 15. The molecule has 4 fully saturated rings. The van der Waals surface area contributed by atoms with Crippen LogP contribution in [0.15, 0.2) is 303 Å². The second kappa shape index (κ2) is 19.5. The van der Waals surface area contributed by atoms with E-state index >= 15 is 0 Å². The molecule has 0 unspecified atom stereocenters. The quantitative estimate of drug-likeness (QED) is 0.132. The summed E-state index contributed by atoms with van der Waals surface area (Å²) in [5, 5.41) is 6.03. The Morgan fingerprint density at radius 2 is 0.696 bits per heavy atom. The molecule has 10 aliphatic rings. The topological polar surface area (TPSA) is 21.8 Å². The van der Waals surface area contributed by atoms with Crippen LogP contribution in [0.1, 0.15) is 11.1 Å². The van der Waals surface area contributed by atoms with E-state index in [4.69, 9.17) is 0 Å². The normalized spacial score (nSPS) is 15.9. The van der Waals surface area contributed by atoms with Crippen molar-refractivity contribution in [3.63, 3.8) is 0 Å². The minimum absolute atomic E-state index is 0.216. The molecule has 1 N–H and O–H groups in total. The molecule has 426 valence electrons. The fourth-order valence-corrected chi connectivity index (χ4v) is 29.9. The number of hydrogen-bond donors (Lipinski definition) is 1. The number of nitrogens with zero attached hydrogens (tertiary/aromatic N) is 3. The Morgan fingerprint density at radius 3 is 1.21 bits per heavy atom. The van der Waals surface area contributed by atoms with Gasteiger partial charge in [0, 0.05) is 34.1 Å². The molecule has 0 atom stereocenters. The Balaban J connectivity index is 0.0000000980. The molecule has 4 saturated heterocycles. The summed E-state index contributed by atoms with van der Waals surface area (Å²) >= 11 is 0. The van der Waals surface area contributed by atoms with Gasteiger partial charge in [0.1, 0.15) is 0 Å². The van der Waals surface area contributed by atoms with E-state index in [-0.39, 0.29) is 7.06 Å². The summed E-state index contributed by atoms with van der Waals surface area (Å²) in [6, 6.07) is 112. The number of aryl methyl sites for hydroxylation is 2. The SMILES string of the molecule is Cc1ccc2c(c1)-c1cccc3c1B2c1ccccc1N3c1ccccc1.Cc1ccc2c(c1)B1c3ccccc3N(c3ccccc3)c3cccc-2c31.[BH2-]1B2B3B1P23(Nc1ccccc1)c1cccc2c1-c1cccc3c1B2c1ccccc1N3c1ccccc1. The Hall–Kier alpha value is -10.1. The third-order valence-electron chi connectivity index (χ3n) is 23.2. The van der Waals surface area contributed by atoms with Crippen LogP contribution in [-0.2, 0) is 0 Å². The molecule has 13 aromatic rings. The standard InChI is InChI=1S/C30H23B5N2P.2C25H18BN/c1-3-11-21(12-4-1)36-38(33-31-34(38)35(33)38)28-20-10-17-25-29(28)23-15-9-19-27-30(23)32(25)24-16-7-8-18-26(24)37(27)22-13-5-2-6-14-22;1-17-14-15-19-20-10-7-13-24-25(20)26(22(19)16-17)21-11-5-6-12-23(21)27(24)18-8-3-2-4-9-18;1-17-14-15-21-20(16-17)19-10-7-13-24-25(19)26(21)22-11-5-6-12-23(22)27(24)18-8-3-2-4-9-18/h1-20,36H,31H2;2*2-16H,1H3/q-1;;. The van der Waals surface area contributed by atoms with Crippen molar-refractivity contribution in [1.82, 2.24) is 0 Å². The molecular weight excluding hydrogens is 1120 g/mol. The number of para-hydroxylation sites is 7. The summed E-state index contributed by atoms with van der Waals surface area (Å²) in [6.45, 7) is 5.31. The van der Waals surface area contributed by atoms with Gasteiger partial charge in [-0.3, -0.25) is 0 Å². The van der Waals surface area contributed by atoms with Crippen LogP contribution in [0.5, 0.6) is 0 Å². The summed E-state index contributed by atoms with van der Waals surface area (Å²) in [5.74, 6) is 0. The maximum absolute atomic E-state index is 4.32. The summed E-state index contributed by atoms with van der Waals surface area (Å²) in [4.78, 5) is 7.33. The van der Waals surface area contributed by atoms with Gasteiger partial charge in [-0.25, -0.2) is 0 Å². The first-order chi connectivity index (χ1) is 45.5. The molecule has 13 aromatic carbocycles. The number of benzene rings is 13. The zero-order valence-corrected chi connectivity index (χ0v) is 52.5. The molecule has 0 saturated carbocycles. The van der Waals surface area contributed by atoms with Crippen molar-refractivity contribution >= 4 is 164 Å². The average molecular weight is 1180 g/mol. The van der Waals surface area contributed by atoms with Crippen molar-refractivity contribution in [2.75, 3.05) is 19.8 Å². The summed E-state index contributed by atoms with van der Waals surface area (Å²) in [5.41, 5.74) is 37.0. The monoisotopic (exact) mass is 1180 g/mol. The second-order valence-corrected chi connectivity index (χ2v) is 32.8. The van der Waals surface area contributed by atoms with Crippen LogP contribution in [-0.4, -0.2) is 45.8 Å². The van der Waals surface area contributed by atoms with Gasteiger partial charge in [-0.15, -0.1) is 0 Å². The van der Waals surface area contributed by atoms with Crippen LogP contribution in [0.2, 0.25) is 0 Å². The van der Waals surface area contributed by atoms with Crippen LogP contribution in [0.25, 0.3) is 33.4 Å². The number of hydrogen-bond acceptors (Lipinski definition) is 4. The van der Waals surface area contributed by atoms with Crippen LogP contribution in [0.4, 0.5) is 56.9 Å².